The summed E-state index contributed by atoms with van der Waals surface area (Å²) in [6, 6.07) is 9.38. The maximum atomic E-state index is 12.1. The van der Waals surface area contributed by atoms with Gasteiger partial charge in [-0.3, -0.25) is 14.7 Å². The van der Waals surface area contributed by atoms with Crippen LogP contribution in [0.1, 0.15) is 45.4 Å². The van der Waals surface area contributed by atoms with Gasteiger partial charge >= 0.3 is 6.03 Å². The van der Waals surface area contributed by atoms with E-state index in [-0.39, 0.29) is 11.7 Å². The van der Waals surface area contributed by atoms with Crippen molar-refractivity contribution in [2.24, 2.45) is 0 Å². The lowest BCUT2D eigenvalue weighted by atomic mass is 10.1. The zero-order chi connectivity index (χ0) is 18.7. The number of rotatable bonds is 5. The molecule has 0 radical (unpaired) electrons. The van der Waals surface area contributed by atoms with Gasteiger partial charge in [-0.05, 0) is 45.7 Å². The van der Waals surface area contributed by atoms with Crippen molar-refractivity contribution in [2.45, 2.75) is 50.2 Å². The van der Waals surface area contributed by atoms with Gasteiger partial charge in [0.15, 0.2) is 5.16 Å². The summed E-state index contributed by atoms with van der Waals surface area (Å²) in [5.41, 5.74) is 0.581. The largest absolute Gasteiger partial charge is 0.333 e. The van der Waals surface area contributed by atoms with Gasteiger partial charge in [-0.15, -0.1) is 10.2 Å². The minimum atomic E-state index is -0.494. The molecule has 1 saturated carbocycles. The van der Waals surface area contributed by atoms with Crippen LogP contribution in [-0.2, 0) is 4.79 Å². The summed E-state index contributed by atoms with van der Waals surface area (Å²) in [4.78, 5) is 23.8. The van der Waals surface area contributed by atoms with Crippen LogP contribution in [0.2, 0.25) is 0 Å². The standard InChI is InChI=1S/C18H23N5O2S/c1-18(2,3)20-16(25)19-14(24)11-26-17-22-21-15(12-9-10-12)23(17)13-7-5-4-6-8-13/h4-8,12H,9-11H2,1-3H3,(H2,19,20,24,25). The lowest BCUT2D eigenvalue weighted by Crippen LogP contribution is -2.48. The molecule has 1 aliphatic carbocycles. The molecular weight excluding hydrogens is 350 g/mol. The molecule has 0 aliphatic heterocycles. The molecular formula is C18H23N5O2S. The van der Waals surface area contributed by atoms with E-state index in [1.165, 1.54) is 11.8 Å². The fourth-order valence-electron chi connectivity index (χ4n) is 2.47. The minimum absolute atomic E-state index is 0.0905. The molecule has 0 atom stereocenters. The Morgan fingerprint density at radius 2 is 1.88 bits per heavy atom. The maximum absolute atomic E-state index is 12.1. The summed E-state index contributed by atoms with van der Waals surface area (Å²) in [7, 11) is 0. The van der Waals surface area contributed by atoms with Crippen LogP contribution < -0.4 is 10.6 Å². The van der Waals surface area contributed by atoms with Gasteiger partial charge < -0.3 is 5.32 Å². The van der Waals surface area contributed by atoms with Crippen molar-refractivity contribution in [1.82, 2.24) is 25.4 Å². The van der Waals surface area contributed by atoms with Crippen molar-refractivity contribution in [1.29, 1.82) is 0 Å². The van der Waals surface area contributed by atoms with Crippen molar-refractivity contribution in [3.63, 3.8) is 0 Å². The molecule has 1 aromatic heterocycles. The number of nitrogens with zero attached hydrogens (tertiary/aromatic N) is 3. The van der Waals surface area contributed by atoms with E-state index in [1.54, 1.807) is 0 Å². The van der Waals surface area contributed by atoms with Crippen LogP contribution in [0, 0.1) is 0 Å². The summed E-state index contributed by atoms with van der Waals surface area (Å²) in [5.74, 6) is 1.09. The number of aromatic nitrogens is 3. The number of amides is 3. The number of carbonyl (C=O) groups excluding carboxylic acids is 2. The van der Waals surface area contributed by atoms with Gasteiger partial charge in [0.25, 0.3) is 0 Å². The monoisotopic (exact) mass is 373 g/mol. The molecule has 26 heavy (non-hydrogen) atoms. The Labute approximate surface area is 157 Å². The highest BCUT2D eigenvalue weighted by Gasteiger charge is 2.31. The first kappa shape index (κ1) is 18.4. The summed E-state index contributed by atoms with van der Waals surface area (Å²) >= 11 is 1.27. The number of carbonyl (C=O) groups is 2. The fourth-order valence-corrected chi connectivity index (χ4v) is 3.22. The maximum Gasteiger partial charge on any atom is 0.321 e. The van der Waals surface area contributed by atoms with Crippen LogP contribution in [0.25, 0.3) is 5.69 Å². The van der Waals surface area contributed by atoms with Crippen molar-refractivity contribution in [2.75, 3.05) is 5.75 Å². The molecule has 1 heterocycles. The zero-order valence-electron chi connectivity index (χ0n) is 15.2. The number of para-hydroxylation sites is 1. The van der Waals surface area contributed by atoms with Crippen molar-refractivity contribution < 1.29 is 9.59 Å². The first-order valence-corrected chi connectivity index (χ1v) is 9.57. The van der Waals surface area contributed by atoms with E-state index in [0.717, 1.165) is 24.4 Å². The SMILES string of the molecule is CC(C)(C)NC(=O)NC(=O)CSc1nnc(C2CC2)n1-c1ccccc1. The van der Waals surface area contributed by atoms with E-state index >= 15 is 0 Å². The number of hydrogen-bond donors (Lipinski definition) is 2. The third kappa shape index (κ3) is 4.85. The molecule has 0 bridgehead atoms. The van der Waals surface area contributed by atoms with E-state index in [2.05, 4.69) is 20.8 Å². The number of hydrogen-bond acceptors (Lipinski definition) is 5. The molecule has 8 heteroatoms. The normalized spacial score (nSPS) is 14.1. The van der Waals surface area contributed by atoms with E-state index < -0.39 is 11.6 Å². The van der Waals surface area contributed by atoms with Crippen LogP contribution in [0.4, 0.5) is 4.79 Å². The Kier molecular flexibility index (Phi) is 5.31. The molecule has 1 aliphatic rings. The molecule has 0 unspecified atom stereocenters. The first-order valence-electron chi connectivity index (χ1n) is 8.59. The average Bonchev–Trinajstić information content (AvgIpc) is 3.31. The summed E-state index contributed by atoms with van der Waals surface area (Å²) in [6.07, 6.45) is 2.23. The molecule has 2 N–H and O–H groups in total. The van der Waals surface area contributed by atoms with Crippen molar-refractivity contribution >= 4 is 23.7 Å². The van der Waals surface area contributed by atoms with Gasteiger partial charge in [0.1, 0.15) is 5.82 Å². The van der Waals surface area contributed by atoms with E-state index in [4.69, 9.17) is 0 Å². The third-order valence-electron chi connectivity index (χ3n) is 3.69. The highest BCUT2D eigenvalue weighted by Crippen LogP contribution is 2.41. The van der Waals surface area contributed by atoms with Crippen LogP contribution in [-0.4, -0.2) is 38.0 Å². The minimum Gasteiger partial charge on any atom is -0.333 e. The van der Waals surface area contributed by atoms with Crippen LogP contribution in [0.15, 0.2) is 35.5 Å². The molecule has 0 spiro atoms. The Bertz CT molecular complexity index is 794. The zero-order valence-corrected chi connectivity index (χ0v) is 16.0. The lowest BCUT2D eigenvalue weighted by molar-refractivity contribution is -0.117. The predicted molar refractivity (Wildman–Crippen MR) is 100 cm³/mol. The second-order valence-electron chi connectivity index (χ2n) is 7.33. The molecule has 1 fully saturated rings. The second-order valence-corrected chi connectivity index (χ2v) is 8.27. The fraction of sp³-hybridized carbons (Fsp3) is 0.444. The molecule has 0 saturated heterocycles. The van der Waals surface area contributed by atoms with Crippen LogP contribution in [0.3, 0.4) is 0 Å². The second kappa shape index (κ2) is 7.49. The highest BCUT2D eigenvalue weighted by atomic mass is 32.2. The highest BCUT2D eigenvalue weighted by molar-refractivity contribution is 7.99. The molecule has 2 aromatic rings. The summed E-state index contributed by atoms with van der Waals surface area (Å²) in [5, 5.41) is 14.3. The quantitative estimate of drug-likeness (QED) is 0.787. The van der Waals surface area contributed by atoms with Crippen molar-refractivity contribution in [3.8, 4) is 5.69 Å². The Hall–Kier alpha value is -2.35. The molecule has 7 nitrogen and oxygen atoms in total. The molecule has 1 aromatic carbocycles. The number of imide groups is 1. The molecule has 3 rings (SSSR count). The van der Waals surface area contributed by atoms with Gasteiger partial charge in [-0.2, -0.15) is 0 Å². The average molecular weight is 373 g/mol. The van der Waals surface area contributed by atoms with Crippen molar-refractivity contribution in [3.05, 3.63) is 36.2 Å². The van der Waals surface area contributed by atoms with Gasteiger partial charge in [0, 0.05) is 17.1 Å². The van der Waals surface area contributed by atoms with E-state index in [9.17, 15) is 9.59 Å². The Morgan fingerprint density at radius 1 is 1.19 bits per heavy atom. The third-order valence-corrected chi connectivity index (χ3v) is 4.62. The number of urea groups is 1. The lowest BCUT2D eigenvalue weighted by Gasteiger charge is -2.20. The van der Waals surface area contributed by atoms with Crippen LogP contribution >= 0.6 is 11.8 Å². The topological polar surface area (TPSA) is 88.9 Å². The van der Waals surface area contributed by atoms with Gasteiger partial charge in [-0.25, -0.2) is 4.79 Å². The van der Waals surface area contributed by atoms with E-state index in [0.29, 0.717) is 11.1 Å². The first-order chi connectivity index (χ1) is 12.3. The molecule has 3 amide bonds. The predicted octanol–water partition coefficient (Wildman–Crippen LogP) is 2.86. The Morgan fingerprint density at radius 3 is 2.50 bits per heavy atom. The summed E-state index contributed by atoms with van der Waals surface area (Å²) in [6.45, 7) is 5.56. The van der Waals surface area contributed by atoms with E-state index in [1.807, 2.05) is 55.7 Å². The molecule has 138 valence electrons. The smallest absolute Gasteiger partial charge is 0.321 e. The van der Waals surface area contributed by atoms with Gasteiger partial charge in [0.2, 0.25) is 5.91 Å². The Balaban J connectivity index is 1.67. The number of nitrogens with one attached hydrogen (secondary N) is 2. The number of thioether (sulfide) groups is 1. The van der Waals surface area contributed by atoms with Gasteiger partial charge in [0.05, 0.1) is 5.75 Å². The van der Waals surface area contributed by atoms with Gasteiger partial charge in [-0.1, -0.05) is 30.0 Å². The van der Waals surface area contributed by atoms with Crippen LogP contribution in [0.5, 0.6) is 0 Å². The number of benzene rings is 1. The summed E-state index contributed by atoms with van der Waals surface area (Å²) < 4.78 is 2.00.